The van der Waals surface area contributed by atoms with E-state index in [9.17, 15) is 9.90 Å². The number of pyridine rings is 1. The van der Waals surface area contributed by atoms with Gasteiger partial charge in [0, 0.05) is 11.7 Å². The van der Waals surface area contributed by atoms with E-state index in [1.807, 2.05) is 53.6 Å². The molecule has 0 aliphatic carbocycles. The van der Waals surface area contributed by atoms with Gasteiger partial charge in [-0.1, -0.05) is 110 Å². The molecular weight excluding hydrogens is 567 g/mol. The van der Waals surface area contributed by atoms with Crippen molar-refractivity contribution in [1.29, 1.82) is 0 Å². The van der Waals surface area contributed by atoms with Crippen molar-refractivity contribution < 1.29 is 9.90 Å². The monoisotopic (exact) mass is 605 g/mol. The van der Waals surface area contributed by atoms with Crippen molar-refractivity contribution >= 4 is 32.0 Å². The Morgan fingerprint density at radius 3 is 1.74 bits per heavy atom. The Bertz CT molecular complexity index is 1590. The van der Waals surface area contributed by atoms with Crippen LogP contribution in [0.2, 0.25) is 18.1 Å². The van der Waals surface area contributed by atoms with E-state index in [-0.39, 0.29) is 11.3 Å². The average Bonchev–Trinajstić information content (AvgIpc) is 3.44. The fourth-order valence-corrected chi connectivity index (χ4v) is 12.0. The smallest absolute Gasteiger partial charge is 0.232 e. The van der Waals surface area contributed by atoms with Gasteiger partial charge in [-0.15, -0.1) is 11.8 Å². The molecule has 1 N–H and O–H groups in total. The summed E-state index contributed by atoms with van der Waals surface area (Å²) in [6, 6.07) is 39.5. The summed E-state index contributed by atoms with van der Waals surface area (Å²) in [4.78, 5) is 16.7. The van der Waals surface area contributed by atoms with E-state index >= 15 is 0 Å². The van der Waals surface area contributed by atoms with Crippen molar-refractivity contribution in [2.45, 2.75) is 60.7 Å². The topological polar surface area (TPSA) is 57.8 Å². The largest absolute Gasteiger partial charge is 0.386 e. The molecule has 1 saturated heterocycles. The Hall–Kier alpha value is -3.65. The van der Waals surface area contributed by atoms with Gasteiger partial charge in [0.2, 0.25) is 5.91 Å². The number of thioether (sulfide) groups is 1. The van der Waals surface area contributed by atoms with Crippen LogP contribution in [0.4, 0.5) is 0 Å². The van der Waals surface area contributed by atoms with E-state index in [0.717, 1.165) is 22.2 Å². The van der Waals surface area contributed by atoms with Gasteiger partial charge in [0.25, 0.3) is 0 Å². The molecule has 7 heteroatoms. The van der Waals surface area contributed by atoms with Gasteiger partial charge in [0.05, 0.1) is 35.2 Å². The molecule has 0 saturated carbocycles. The summed E-state index contributed by atoms with van der Waals surface area (Å²) in [5.74, 6) is 0.0202. The number of hydrogen-bond donors (Lipinski definition) is 1. The fraction of sp³-hybridized carbons (Fsp3) is 0.278. The molecule has 0 bridgehead atoms. The first-order valence-electron chi connectivity index (χ1n) is 14.9. The minimum absolute atomic E-state index is 0.0202. The molecule has 220 valence electrons. The second kappa shape index (κ2) is 11.1. The van der Waals surface area contributed by atoms with E-state index in [4.69, 9.17) is 5.10 Å². The highest BCUT2D eigenvalue weighted by molar-refractivity contribution is 8.01. The van der Waals surface area contributed by atoms with Crippen molar-refractivity contribution in [1.82, 2.24) is 14.5 Å². The van der Waals surface area contributed by atoms with E-state index in [1.54, 1.807) is 16.3 Å². The summed E-state index contributed by atoms with van der Waals surface area (Å²) >= 11 is 1.79. The predicted octanol–water partition coefficient (Wildman–Crippen LogP) is 7.29. The molecular formula is C36H39N3O2SSi. The lowest BCUT2D eigenvalue weighted by atomic mass is 9.83. The maximum absolute atomic E-state index is 14.7. The maximum Gasteiger partial charge on any atom is 0.232 e. The van der Waals surface area contributed by atoms with Gasteiger partial charge >= 0.3 is 0 Å². The van der Waals surface area contributed by atoms with E-state index in [2.05, 4.69) is 107 Å². The lowest BCUT2D eigenvalue weighted by molar-refractivity contribution is -0.164. The van der Waals surface area contributed by atoms with Crippen LogP contribution in [-0.4, -0.2) is 45.2 Å². The quantitative estimate of drug-likeness (QED) is 0.115. The lowest BCUT2D eigenvalue weighted by Gasteiger charge is -2.64. The second-order valence-electron chi connectivity index (χ2n) is 12.7. The van der Waals surface area contributed by atoms with Gasteiger partial charge < -0.3 is 10.0 Å². The fourth-order valence-electron chi connectivity index (χ4n) is 6.70. The number of carbonyl (C=O) groups excluding carboxylic acids is 1. The van der Waals surface area contributed by atoms with Gasteiger partial charge in [-0.3, -0.25) is 4.79 Å². The number of carbonyl (C=O) groups is 1. The van der Waals surface area contributed by atoms with E-state index in [0.29, 0.717) is 5.69 Å². The summed E-state index contributed by atoms with van der Waals surface area (Å²) in [7, 11) is -1.89. The number of benzene rings is 3. The van der Waals surface area contributed by atoms with Crippen molar-refractivity contribution in [2.75, 3.05) is 0 Å². The van der Waals surface area contributed by atoms with Crippen LogP contribution in [0, 0.1) is 0 Å². The molecule has 3 aromatic carbocycles. The molecule has 1 aliphatic rings. The van der Waals surface area contributed by atoms with Crippen LogP contribution < -0.4 is 0 Å². The van der Waals surface area contributed by atoms with Crippen LogP contribution in [0.1, 0.15) is 49.3 Å². The molecule has 1 fully saturated rings. The first-order chi connectivity index (χ1) is 20.6. The van der Waals surface area contributed by atoms with Crippen molar-refractivity contribution in [3.8, 4) is 0 Å². The molecule has 3 unspecified atom stereocenters. The second-order valence-corrected chi connectivity index (χ2v) is 17.3. The molecule has 3 atom stereocenters. The molecule has 6 rings (SSSR count). The summed E-state index contributed by atoms with van der Waals surface area (Å²) in [5, 5.41) is 15.9. The van der Waals surface area contributed by atoms with Crippen LogP contribution in [0.5, 0.6) is 0 Å². The number of nitrogens with zero attached hydrogens (tertiary/aromatic N) is 3. The summed E-state index contributed by atoms with van der Waals surface area (Å²) in [5.41, 5.74) is 4.39. The molecule has 0 radical (unpaired) electrons. The Kier molecular flexibility index (Phi) is 7.61. The van der Waals surface area contributed by atoms with Crippen LogP contribution in [0.25, 0.3) is 5.52 Å². The molecule has 5 aromatic rings. The Balaban J connectivity index is 1.60. The van der Waals surface area contributed by atoms with Gasteiger partial charge in [-0.05, 0) is 55.7 Å². The van der Waals surface area contributed by atoms with E-state index in [1.165, 1.54) is 0 Å². The Labute approximate surface area is 260 Å². The number of rotatable bonds is 8. The first kappa shape index (κ1) is 29.4. The molecule has 2 aromatic heterocycles. The number of aliphatic hydroxyl groups is 1. The number of likely N-dealkylation sites (tertiary alicyclic amines) is 1. The number of aliphatic hydroxyl groups excluding tert-OH is 1. The van der Waals surface area contributed by atoms with Crippen molar-refractivity contribution in [3.63, 3.8) is 0 Å². The van der Waals surface area contributed by atoms with Crippen LogP contribution in [0.15, 0.2) is 121 Å². The number of β-lactam (4-membered cyclic amide) rings is 1. The molecule has 1 amide bonds. The van der Waals surface area contributed by atoms with Gasteiger partial charge in [-0.2, -0.15) is 5.10 Å². The normalized spacial score (nSPS) is 19.9. The molecule has 1 aliphatic heterocycles. The van der Waals surface area contributed by atoms with E-state index < -0.39 is 30.2 Å². The van der Waals surface area contributed by atoms with Gasteiger partial charge in [0.1, 0.15) is 6.10 Å². The number of fused-ring (bicyclic) bond motifs is 1. The van der Waals surface area contributed by atoms with Crippen LogP contribution in [0.3, 0.4) is 0 Å². The first-order valence-corrected chi connectivity index (χ1v) is 18.7. The predicted molar refractivity (Wildman–Crippen MR) is 179 cm³/mol. The minimum Gasteiger partial charge on any atom is -0.386 e. The van der Waals surface area contributed by atoms with Gasteiger partial charge in [-0.25, -0.2) is 4.52 Å². The summed E-state index contributed by atoms with van der Waals surface area (Å²) in [6.45, 7) is 10.7. The minimum atomic E-state index is -1.89. The third-order valence-electron chi connectivity index (χ3n) is 8.86. The summed E-state index contributed by atoms with van der Waals surface area (Å²) < 4.78 is 1.13. The standard InChI is InChI=1S/C36H39N3O2SSi/c1-34(2,3)39-32(41)36(43(4)5,31(40)30-25-29-23-15-16-24-38(29)37-30)33(39)42-35(26-17-9-6-10-18-26,27-19-11-7-12-20-27)28-21-13-8-14-22-28/h6-25,31,33,40,43H,1-5H3. The maximum atomic E-state index is 14.7. The number of aromatic nitrogens is 2. The zero-order valence-electron chi connectivity index (χ0n) is 25.4. The SMILES string of the molecule is C[SiH](C)C1(C(O)c2cc3ccccn3n2)C(=O)N(C(C)(C)C)C1SC(c1ccccc1)(c1ccccc1)c1ccccc1. The molecule has 3 heterocycles. The van der Waals surface area contributed by atoms with Crippen molar-refractivity contribution in [2.24, 2.45) is 0 Å². The van der Waals surface area contributed by atoms with Crippen LogP contribution >= 0.6 is 11.8 Å². The highest BCUT2D eigenvalue weighted by Crippen LogP contribution is 2.66. The zero-order chi connectivity index (χ0) is 30.4. The summed E-state index contributed by atoms with van der Waals surface area (Å²) in [6.07, 6.45) is 0.842. The third-order valence-corrected chi connectivity index (χ3v) is 13.8. The Morgan fingerprint density at radius 1 is 0.814 bits per heavy atom. The highest BCUT2D eigenvalue weighted by Gasteiger charge is 2.70. The van der Waals surface area contributed by atoms with Crippen molar-refractivity contribution in [3.05, 3.63) is 144 Å². The highest BCUT2D eigenvalue weighted by atomic mass is 32.2. The average molecular weight is 606 g/mol. The number of amides is 1. The lowest BCUT2D eigenvalue weighted by Crippen LogP contribution is -2.74. The Morgan fingerprint density at radius 2 is 1.30 bits per heavy atom. The zero-order valence-corrected chi connectivity index (χ0v) is 27.4. The molecule has 0 spiro atoms. The third kappa shape index (κ3) is 4.65. The van der Waals surface area contributed by atoms with Gasteiger partial charge in [0.15, 0.2) is 0 Å². The van der Waals surface area contributed by atoms with Crippen LogP contribution in [-0.2, 0) is 9.54 Å². The molecule has 43 heavy (non-hydrogen) atoms. The number of hydrogen-bond acceptors (Lipinski definition) is 4. The molecule has 5 nitrogen and oxygen atoms in total.